The quantitative estimate of drug-likeness (QED) is 0.381. The molecular formula is C26H30N8O2. The predicted molar refractivity (Wildman–Crippen MR) is 139 cm³/mol. The molecule has 186 valence electrons. The van der Waals surface area contributed by atoms with Crippen LogP contribution in [0.1, 0.15) is 44.7 Å². The summed E-state index contributed by atoms with van der Waals surface area (Å²) in [5.74, 6) is 0.757. The number of nitrogens with one attached hydrogen (secondary N) is 4. The Morgan fingerprint density at radius 3 is 2.69 bits per heavy atom. The lowest BCUT2D eigenvalue weighted by molar-refractivity contribution is 0.144. The van der Waals surface area contributed by atoms with Crippen LogP contribution in [0.25, 0.3) is 22.2 Å². The van der Waals surface area contributed by atoms with Gasteiger partial charge in [0.25, 0.3) is 0 Å². The normalized spacial score (nSPS) is 15.3. The van der Waals surface area contributed by atoms with Crippen LogP contribution in [0.2, 0.25) is 0 Å². The molecule has 1 fully saturated rings. The summed E-state index contributed by atoms with van der Waals surface area (Å²) in [5, 5.41) is 22.4. The number of hydrazine groups is 2. The molecule has 1 aromatic heterocycles. The summed E-state index contributed by atoms with van der Waals surface area (Å²) in [5.41, 5.74) is 9.98. The number of carbonyl (C=O) groups is 1. The predicted octanol–water partition coefficient (Wildman–Crippen LogP) is 4.08. The topological polar surface area (TPSA) is 119 Å². The van der Waals surface area contributed by atoms with E-state index in [1.165, 1.54) is 6.42 Å². The molecule has 0 unspecified atom stereocenters. The molecule has 10 nitrogen and oxygen atoms in total. The molecule has 2 aromatic carbocycles. The van der Waals surface area contributed by atoms with Gasteiger partial charge in [0.1, 0.15) is 24.8 Å². The van der Waals surface area contributed by atoms with E-state index in [1.54, 1.807) is 11.5 Å². The van der Waals surface area contributed by atoms with Crippen molar-refractivity contribution in [3.63, 3.8) is 0 Å². The van der Waals surface area contributed by atoms with Gasteiger partial charge < -0.3 is 19.9 Å². The van der Waals surface area contributed by atoms with Gasteiger partial charge in [0.15, 0.2) is 0 Å². The molecule has 0 saturated heterocycles. The van der Waals surface area contributed by atoms with Crippen molar-refractivity contribution in [2.45, 2.75) is 45.2 Å². The average Bonchev–Trinajstić information content (AvgIpc) is 3.44. The first-order valence-corrected chi connectivity index (χ1v) is 12.2. The summed E-state index contributed by atoms with van der Waals surface area (Å²) in [4.78, 5) is 12.1. The van der Waals surface area contributed by atoms with Gasteiger partial charge in [-0.25, -0.2) is 10.3 Å². The lowest BCUT2D eigenvalue weighted by Crippen LogP contribution is -2.41. The van der Waals surface area contributed by atoms with Crippen molar-refractivity contribution in [1.29, 1.82) is 5.26 Å². The second-order valence-corrected chi connectivity index (χ2v) is 9.29. The number of ether oxygens (including phenoxy) is 1. The van der Waals surface area contributed by atoms with Crippen LogP contribution < -0.4 is 26.3 Å². The van der Waals surface area contributed by atoms with Crippen molar-refractivity contribution in [1.82, 2.24) is 26.0 Å². The zero-order valence-corrected chi connectivity index (χ0v) is 20.4. The molecule has 0 bridgehead atoms. The number of hydrogen-bond acceptors (Lipinski definition) is 7. The van der Waals surface area contributed by atoms with E-state index < -0.39 is 0 Å². The molecule has 0 atom stereocenters. The molecule has 3 aromatic rings. The lowest BCUT2D eigenvalue weighted by atomic mass is 9.92. The van der Waals surface area contributed by atoms with E-state index in [4.69, 9.17) is 4.74 Å². The van der Waals surface area contributed by atoms with Crippen LogP contribution in [0, 0.1) is 11.3 Å². The molecule has 2 heterocycles. The maximum Gasteiger partial charge on any atom is 0.319 e. The number of anilines is 1. The molecule has 10 heteroatoms. The third-order valence-corrected chi connectivity index (χ3v) is 6.40. The van der Waals surface area contributed by atoms with Gasteiger partial charge in [-0.05, 0) is 62.9 Å². The van der Waals surface area contributed by atoms with E-state index >= 15 is 0 Å². The third-order valence-electron chi connectivity index (χ3n) is 6.40. The zero-order chi connectivity index (χ0) is 25.1. The first-order valence-electron chi connectivity index (χ1n) is 12.2. The van der Waals surface area contributed by atoms with E-state index in [2.05, 4.69) is 37.3 Å². The van der Waals surface area contributed by atoms with Crippen LogP contribution in [0.15, 0.2) is 47.6 Å². The molecule has 2 amide bonds. The monoisotopic (exact) mass is 486 g/mol. The fourth-order valence-corrected chi connectivity index (χ4v) is 4.54. The average molecular weight is 487 g/mol. The minimum atomic E-state index is -0.240. The Bertz CT molecular complexity index is 1310. The summed E-state index contributed by atoms with van der Waals surface area (Å²) in [6.07, 6.45) is 4.90. The summed E-state index contributed by atoms with van der Waals surface area (Å²) in [6.45, 7) is 4.90. The number of hydrogen-bond donors (Lipinski definition) is 4. The number of hydrazone groups is 1. The third kappa shape index (κ3) is 4.78. The molecular weight excluding hydrogens is 456 g/mol. The molecule has 0 spiro atoms. The number of nitriles is 1. The summed E-state index contributed by atoms with van der Waals surface area (Å²) < 4.78 is 8.31. The van der Waals surface area contributed by atoms with Crippen molar-refractivity contribution in [2.24, 2.45) is 5.10 Å². The first kappa shape index (κ1) is 23.5. The number of aromatic nitrogens is 1. The van der Waals surface area contributed by atoms with E-state index in [9.17, 15) is 10.1 Å². The van der Waals surface area contributed by atoms with Crippen LogP contribution in [-0.2, 0) is 0 Å². The number of carbonyl (C=O) groups excluding carboxylic acids is 1. The molecule has 1 aliphatic heterocycles. The highest BCUT2D eigenvalue weighted by molar-refractivity contribution is 5.96. The molecule has 1 saturated carbocycles. The van der Waals surface area contributed by atoms with Gasteiger partial charge in [-0.3, -0.25) is 5.43 Å². The van der Waals surface area contributed by atoms with E-state index in [1.807, 2.05) is 56.3 Å². The Labute approximate surface area is 209 Å². The SMILES string of the molecule is CC(C)NC(=O)Nc1ccc(-c2c(C#N)c3ccc(OCCN4NC=NN4)cc3n2C2CCC2)cc1. The van der Waals surface area contributed by atoms with Crippen molar-refractivity contribution in [3.05, 3.63) is 48.0 Å². The zero-order valence-electron chi connectivity index (χ0n) is 20.4. The Morgan fingerprint density at radius 2 is 2.06 bits per heavy atom. The fourth-order valence-electron chi connectivity index (χ4n) is 4.54. The van der Waals surface area contributed by atoms with E-state index in [0.717, 1.165) is 40.8 Å². The Balaban J connectivity index is 1.45. The number of urea groups is 1. The van der Waals surface area contributed by atoms with Gasteiger partial charge in [0, 0.05) is 29.2 Å². The Hall–Kier alpha value is -4.23. The Morgan fingerprint density at radius 1 is 1.25 bits per heavy atom. The number of benzene rings is 2. The summed E-state index contributed by atoms with van der Waals surface area (Å²) >= 11 is 0. The van der Waals surface area contributed by atoms with Crippen molar-refractivity contribution in [3.8, 4) is 23.1 Å². The molecule has 0 radical (unpaired) electrons. The number of nitrogens with zero attached hydrogens (tertiary/aromatic N) is 4. The van der Waals surface area contributed by atoms with E-state index in [0.29, 0.717) is 30.4 Å². The van der Waals surface area contributed by atoms with Crippen LogP contribution in [0.5, 0.6) is 5.75 Å². The highest BCUT2D eigenvalue weighted by atomic mass is 16.5. The fraction of sp³-hybridized carbons (Fsp3) is 0.346. The van der Waals surface area contributed by atoms with Gasteiger partial charge >= 0.3 is 6.03 Å². The Kier molecular flexibility index (Phi) is 6.64. The number of amides is 2. The molecule has 2 aliphatic rings. The number of rotatable bonds is 8. The maximum absolute atomic E-state index is 12.1. The molecule has 36 heavy (non-hydrogen) atoms. The van der Waals surface area contributed by atoms with Crippen molar-refractivity contribution in [2.75, 3.05) is 18.5 Å². The van der Waals surface area contributed by atoms with Crippen molar-refractivity contribution >= 4 is 29.0 Å². The second-order valence-electron chi connectivity index (χ2n) is 9.29. The molecule has 4 N–H and O–H groups in total. The highest BCUT2D eigenvalue weighted by Gasteiger charge is 2.28. The highest BCUT2D eigenvalue weighted by Crippen LogP contribution is 2.43. The van der Waals surface area contributed by atoms with E-state index in [-0.39, 0.29) is 12.1 Å². The van der Waals surface area contributed by atoms with Crippen LogP contribution in [0.3, 0.4) is 0 Å². The standard InChI is InChI=1S/C26H30N8O2/c1-17(2)30-26(35)31-19-8-6-18(7-9-19)25-23(15-27)22-11-10-21(36-13-12-33-29-16-28-32-33)14-24(22)34(25)20-4-3-5-20/h6-11,14,16-17,20,32H,3-5,12-13H2,1-2H3,(H,28,29)(H2,30,31,35). The summed E-state index contributed by atoms with van der Waals surface area (Å²) in [6, 6.07) is 16.2. The largest absolute Gasteiger partial charge is 0.492 e. The van der Waals surface area contributed by atoms with Gasteiger partial charge in [-0.1, -0.05) is 12.1 Å². The van der Waals surface area contributed by atoms with Crippen LogP contribution >= 0.6 is 0 Å². The van der Waals surface area contributed by atoms with Crippen LogP contribution in [-0.4, -0.2) is 41.2 Å². The first-order chi connectivity index (χ1) is 17.5. The number of fused-ring (bicyclic) bond motifs is 1. The van der Waals surface area contributed by atoms with Gasteiger partial charge in [0.05, 0.1) is 23.3 Å². The van der Waals surface area contributed by atoms with Gasteiger partial charge in [0.2, 0.25) is 0 Å². The second kappa shape index (κ2) is 10.2. The lowest BCUT2D eigenvalue weighted by Gasteiger charge is -2.30. The van der Waals surface area contributed by atoms with Gasteiger partial charge in [-0.2, -0.15) is 10.4 Å². The smallest absolute Gasteiger partial charge is 0.319 e. The summed E-state index contributed by atoms with van der Waals surface area (Å²) in [7, 11) is 0. The van der Waals surface area contributed by atoms with Crippen LogP contribution in [0.4, 0.5) is 10.5 Å². The van der Waals surface area contributed by atoms with Gasteiger partial charge in [-0.15, -0.1) is 5.12 Å². The minimum Gasteiger partial charge on any atom is -0.492 e. The van der Waals surface area contributed by atoms with Crippen molar-refractivity contribution < 1.29 is 9.53 Å². The molecule has 1 aliphatic carbocycles. The minimum absolute atomic E-state index is 0.0529. The maximum atomic E-state index is 12.1. The molecule has 5 rings (SSSR count).